The van der Waals surface area contributed by atoms with Crippen LogP contribution in [0.4, 0.5) is 11.4 Å². The molecular formula is C51H45N. The predicted octanol–water partition coefficient (Wildman–Crippen LogP) is 14.4. The van der Waals surface area contributed by atoms with Crippen LogP contribution in [0.5, 0.6) is 0 Å². The van der Waals surface area contributed by atoms with E-state index in [1.165, 1.54) is 89.1 Å². The van der Waals surface area contributed by atoms with Crippen molar-refractivity contribution in [1.82, 2.24) is 0 Å². The van der Waals surface area contributed by atoms with E-state index in [-0.39, 0.29) is 16.4 Å². The van der Waals surface area contributed by atoms with E-state index in [4.69, 9.17) is 0 Å². The summed E-state index contributed by atoms with van der Waals surface area (Å²) in [6.45, 7) is 12.5. The molecule has 8 aromatic carbocycles. The minimum absolute atomic E-state index is 0.0424. The van der Waals surface area contributed by atoms with E-state index in [1.807, 2.05) is 0 Å². The van der Waals surface area contributed by atoms with Gasteiger partial charge in [0.1, 0.15) is 0 Å². The molecule has 0 saturated heterocycles. The number of hydrogen-bond donors (Lipinski definition) is 0. The van der Waals surface area contributed by atoms with Gasteiger partial charge in [0.05, 0.1) is 5.54 Å². The largest absolute Gasteiger partial charge is 0.335 e. The van der Waals surface area contributed by atoms with Crippen LogP contribution in [0.25, 0.3) is 65.7 Å². The lowest BCUT2D eigenvalue weighted by atomic mass is 9.52. The molecule has 2 unspecified atom stereocenters. The van der Waals surface area contributed by atoms with Gasteiger partial charge in [-0.3, -0.25) is 0 Å². The molecule has 0 aromatic heterocycles. The molecule has 254 valence electrons. The highest BCUT2D eigenvalue weighted by atomic mass is 15.2. The average molecular weight is 672 g/mol. The molecule has 1 aliphatic heterocycles. The molecule has 0 radical (unpaired) electrons. The molecule has 0 N–H and O–H groups in total. The summed E-state index contributed by atoms with van der Waals surface area (Å²) in [4.78, 5) is 2.70. The maximum absolute atomic E-state index is 2.70. The highest BCUT2D eigenvalue weighted by molar-refractivity contribution is 6.30. The van der Waals surface area contributed by atoms with Gasteiger partial charge in [-0.25, -0.2) is 0 Å². The van der Waals surface area contributed by atoms with Gasteiger partial charge in [0, 0.05) is 17.3 Å². The van der Waals surface area contributed by atoms with Crippen LogP contribution in [0.15, 0.2) is 152 Å². The lowest BCUT2D eigenvalue weighted by Gasteiger charge is -2.56. The van der Waals surface area contributed by atoms with Crippen molar-refractivity contribution in [3.8, 4) is 33.4 Å². The van der Waals surface area contributed by atoms with Gasteiger partial charge in [-0.2, -0.15) is 0 Å². The maximum Gasteiger partial charge on any atom is 0.0502 e. The van der Waals surface area contributed by atoms with Gasteiger partial charge in [0.15, 0.2) is 0 Å². The minimum Gasteiger partial charge on any atom is -0.335 e. The van der Waals surface area contributed by atoms with E-state index in [2.05, 4.69) is 191 Å². The zero-order chi connectivity index (χ0) is 35.4. The Morgan fingerprint density at radius 1 is 0.481 bits per heavy atom. The van der Waals surface area contributed by atoms with Crippen LogP contribution in [-0.4, -0.2) is 5.54 Å². The molecule has 1 heterocycles. The highest BCUT2D eigenvalue weighted by Gasteiger charge is 2.60. The molecular weight excluding hydrogens is 627 g/mol. The van der Waals surface area contributed by atoms with E-state index < -0.39 is 0 Å². The molecule has 1 saturated carbocycles. The van der Waals surface area contributed by atoms with Crippen molar-refractivity contribution in [1.29, 1.82) is 0 Å². The summed E-state index contributed by atoms with van der Waals surface area (Å²) in [7, 11) is 0. The Labute approximate surface area is 307 Å². The SMILES string of the molecule is CC1(C)CC(C)(C)C2c3cc(-c4cc(-c5ccccc5)c5ccc6ccc(-c7ccccc7)c7ccc4c5c67)ccc3N(c3ccccc3)C2(C)C1. The molecule has 1 fully saturated rings. The maximum atomic E-state index is 2.70. The molecule has 1 nitrogen and oxygen atoms in total. The molecule has 2 aliphatic rings. The van der Waals surface area contributed by atoms with Crippen molar-refractivity contribution in [2.24, 2.45) is 10.8 Å². The second kappa shape index (κ2) is 11.1. The smallest absolute Gasteiger partial charge is 0.0502 e. The Morgan fingerprint density at radius 3 is 1.71 bits per heavy atom. The molecule has 1 aliphatic carbocycles. The Hall–Kier alpha value is -5.40. The van der Waals surface area contributed by atoms with Gasteiger partial charge in [0.25, 0.3) is 0 Å². The van der Waals surface area contributed by atoms with Crippen LogP contribution < -0.4 is 4.90 Å². The van der Waals surface area contributed by atoms with Crippen LogP contribution >= 0.6 is 0 Å². The summed E-state index contributed by atoms with van der Waals surface area (Å²) in [5, 5.41) is 7.96. The molecule has 0 amide bonds. The zero-order valence-corrected chi connectivity index (χ0v) is 30.9. The van der Waals surface area contributed by atoms with Crippen LogP contribution in [0.3, 0.4) is 0 Å². The Bertz CT molecular complexity index is 2630. The third kappa shape index (κ3) is 4.54. The number of nitrogens with zero attached hydrogens (tertiary/aromatic N) is 1. The normalized spacial score (nSPS) is 20.4. The van der Waals surface area contributed by atoms with E-state index in [0.717, 1.165) is 6.42 Å². The lowest BCUT2D eigenvalue weighted by Crippen LogP contribution is -2.55. The van der Waals surface area contributed by atoms with Crippen molar-refractivity contribution < 1.29 is 0 Å². The standard InChI is InChI=1S/C51H45N/c1-49(2)31-50(3,4)48-44-29-36(23-28-45(44)52(51(48,5)32-49)37-19-13-8-14-20-37)43-30-42(34-17-11-7-12-18-34)40-25-22-35-21-24-38(33-15-9-6-10-16-33)39-26-27-41(43)47(40)46(35)39/h6-30,48H,31-32H2,1-5H3. The number of hydrogen-bond acceptors (Lipinski definition) is 1. The highest BCUT2D eigenvalue weighted by Crippen LogP contribution is 2.67. The second-order valence-corrected chi connectivity index (χ2v) is 17.3. The van der Waals surface area contributed by atoms with E-state index >= 15 is 0 Å². The van der Waals surface area contributed by atoms with Crippen LogP contribution in [0.1, 0.15) is 58.9 Å². The van der Waals surface area contributed by atoms with Gasteiger partial charge in [0.2, 0.25) is 0 Å². The number of fused-ring (bicyclic) bond motifs is 3. The first kappa shape index (κ1) is 31.3. The number of anilines is 2. The summed E-state index contributed by atoms with van der Waals surface area (Å²) >= 11 is 0. The van der Waals surface area contributed by atoms with Gasteiger partial charge in [-0.05, 0) is 132 Å². The monoisotopic (exact) mass is 671 g/mol. The Balaban J connectivity index is 1.26. The molecule has 10 rings (SSSR count). The minimum atomic E-state index is -0.0424. The fraction of sp³-hybridized carbons (Fsp3) is 0.216. The number of rotatable bonds is 4. The molecule has 8 aromatic rings. The first-order chi connectivity index (χ1) is 25.1. The molecule has 1 heteroatoms. The van der Waals surface area contributed by atoms with Crippen molar-refractivity contribution in [2.75, 3.05) is 4.90 Å². The fourth-order valence-corrected chi connectivity index (χ4v) is 11.6. The summed E-state index contributed by atoms with van der Waals surface area (Å²) in [6, 6.07) is 57.0. The molecule has 0 spiro atoms. The first-order valence-corrected chi connectivity index (χ1v) is 19.0. The quantitative estimate of drug-likeness (QED) is 0.168. The summed E-state index contributed by atoms with van der Waals surface area (Å²) in [5.41, 5.74) is 12.2. The zero-order valence-electron chi connectivity index (χ0n) is 30.9. The molecule has 52 heavy (non-hydrogen) atoms. The van der Waals surface area contributed by atoms with E-state index in [9.17, 15) is 0 Å². The Morgan fingerprint density at radius 2 is 1.04 bits per heavy atom. The fourth-order valence-electron chi connectivity index (χ4n) is 11.6. The predicted molar refractivity (Wildman–Crippen MR) is 223 cm³/mol. The number of para-hydroxylation sites is 1. The first-order valence-electron chi connectivity index (χ1n) is 19.0. The summed E-state index contributed by atoms with van der Waals surface area (Å²) in [5.74, 6) is 0.394. The summed E-state index contributed by atoms with van der Waals surface area (Å²) in [6.07, 6.45) is 2.35. The van der Waals surface area contributed by atoms with Crippen LogP contribution in [0.2, 0.25) is 0 Å². The van der Waals surface area contributed by atoms with Crippen molar-refractivity contribution in [2.45, 2.75) is 58.9 Å². The van der Waals surface area contributed by atoms with Crippen LogP contribution in [0, 0.1) is 10.8 Å². The van der Waals surface area contributed by atoms with Crippen molar-refractivity contribution >= 4 is 43.7 Å². The lowest BCUT2D eigenvalue weighted by molar-refractivity contribution is 0.0367. The van der Waals surface area contributed by atoms with Crippen LogP contribution in [-0.2, 0) is 0 Å². The van der Waals surface area contributed by atoms with Gasteiger partial charge in [-0.15, -0.1) is 0 Å². The Kier molecular flexibility index (Phi) is 6.66. The molecule has 2 atom stereocenters. The third-order valence-corrected chi connectivity index (χ3v) is 12.5. The van der Waals surface area contributed by atoms with Gasteiger partial charge in [-0.1, -0.05) is 149 Å². The second-order valence-electron chi connectivity index (χ2n) is 17.3. The third-order valence-electron chi connectivity index (χ3n) is 12.5. The van der Waals surface area contributed by atoms with Crippen molar-refractivity contribution in [3.63, 3.8) is 0 Å². The van der Waals surface area contributed by atoms with Gasteiger partial charge < -0.3 is 4.90 Å². The van der Waals surface area contributed by atoms with Gasteiger partial charge >= 0.3 is 0 Å². The number of benzene rings is 8. The molecule has 0 bridgehead atoms. The van der Waals surface area contributed by atoms with E-state index in [1.54, 1.807) is 0 Å². The average Bonchev–Trinajstić information content (AvgIpc) is 3.41. The van der Waals surface area contributed by atoms with Crippen molar-refractivity contribution in [3.05, 3.63) is 157 Å². The topological polar surface area (TPSA) is 3.24 Å². The summed E-state index contributed by atoms with van der Waals surface area (Å²) < 4.78 is 0. The van der Waals surface area contributed by atoms with E-state index in [0.29, 0.717) is 5.92 Å².